The van der Waals surface area contributed by atoms with Crippen molar-refractivity contribution in [3.8, 4) is 5.75 Å². The summed E-state index contributed by atoms with van der Waals surface area (Å²) >= 11 is 5.80. The van der Waals surface area contributed by atoms with Gasteiger partial charge in [0.2, 0.25) is 0 Å². The van der Waals surface area contributed by atoms with Crippen LogP contribution in [0.3, 0.4) is 0 Å². The Balaban J connectivity index is 1.72. The molecule has 1 atom stereocenters. The Labute approximate surface area is 203 Å². The highest BCUT2D eigenvalue weighted by atomic mass is 35.5. The summed E-state index contributed by atoms with van der Waals surface area (Å²) in [7, 11) is 0. The molecule has 1 amide bonds. The summed E-state index contributed by atoms with van der Waals surface area (Å²) in [5.74, 6) is 0.328. The van der Waals surface area contributed by atoms with Gasteiger partial charge in [0.15, 0.2) is 0 Å². The fourth-order valence-corrected chi connectivity index (χ4v) is 3.93. The van der Waals surface area contributed by atoms with Crippen LogP contribution >= 0.6 is 11.6 Å². The molecule has 1 fully saturated rings. The van der Waals surface area contributed by atoms with Crippen LogP contribution in [0.1, 0.15) is 48.7 Å². The van der Waals surface area contributed by atoms with Gasteiger partial charge in [-0.1, -0.05) is 24.9 Å². The lowest BCUT2D eigenvalue weighted by molar-refractivity contribution is 0.0953. The average molecular weight is 487 g/mol. The smallest absolute Gasteiger partial charge is 0.251 e. The zero-order valence-electron chi connectivity index (χ0n) is 19.3. The number of rotatable bonds is 8. The third kappa shape index (κ3) is 5.56. The monoisotopic (exact) mass is 486 g/mol. The highest BCUT2D eigenvalue weighted by Crippen LogP contribution is 2.30. The van der Waals surface area contributed by atoms with Gasteiger partial charge in [0.05, 0.1) is 35.5 Å². The first-order valence-corrected chi connectivity index (χ1v) is 11.9. The van der Waals surface area contributed by atoms with Crippen LogP contribution in [0.2, 0.25) is 5.02 Å². The second-order valence-electron chi connectivity index (χ2n) is 8.21. The van der Waals surface area contributed by atoms with E-state index in [4.69, 9.17) is 26.1 Å². The molecule has 9 heteroatoms. The van der Waals surface area contributed by atoms with Gasteiger partial charge in [0.1, 0.15) is 23.5 Å². The Kier molecular flexibility index (Phi) is 7.80. The molecule has 2 heterocycles. The number of aromatic nitrogens is 2. The predicted octanol–water partition coefficient (Wildman–Crippen LogP) is 4.93. The SMILES string of the molecule is CCCCNC(=O)c1cc(C(C)Oc2ccc(Cl)c(F)c2)c2nc(N3CCOCC3)cnc2c1. The third-order valence-corrected chi connectivity index (χ3v) is 6.03. The van der Waals surface area contributed by atoms with E-state index in [1.54, 1.807) is 24.4 Å². The van der Waals surface area contributed by atoms with Crippen molar-refractivity contribution in [2.24, 2.45) is 0 Å². The van der Waals surface area contributed by atoms with Gasteiger partial charge >= 0.3 is 0 Å². The van der Waals surface area contributed by atoms with Gasteiger partial charge in [-0.05, 0) is 37.6 Å². The second kappa shape index (κ2) is 11.0. The number of benzene rings is 2. The lowest BCUT2D eigenvalue weighted by Gasteiger charge is -2.28. The van der Waals surface area contributed by atoms with Crippen molar-refractivity contribution in [2.75, 3.05) is 37.7 Å². The van der Waals surface area contributed by atoms with Gasteiger partial charge in [-0.15, -0.1) is 0 Å². The second-order valence-corrected chi connectivity index (χ2v) is 8.61. The molecule has 0 aliphatic carbocycles. The molecule has 34 heavy (non-hydrogen) atoms. The zero-order chi connectivity index (χ0) is 24.1. The molecule has 2 aromatic carbocycles. The van der Waals surface area contributed by atoms with Crippen molar-refractivity contribution in [2.45, 2.75) is 32.8 Å². The number of ether oxygens (including phenoxy) is 2. The van der Waals surface area contributed by atoms with Crippen LogP contribution < -0.4 is 15.0 Å². The number of hydrogen-bond acceptors (Lipinski definition) is 6. The van der Waals surface area contributed by atoms with Gasteiger partial charge in [0.25, 0.3) is 5.91 Å². The maximum absolute atomic E-state index is 14.0. The van der Waals surface area contributed by atoms with Gasteiger partial charge in [-0.3, -0.25) is 9.78 Å². The minimum Gasteiger partial charge on any atom is -0.486 e. The lowest BCUT2D eigenvalue weighted by Crippen LogP contribution is -2.36. The molecule has 0 spiro atoms. The Morgan fingerprint density at radius 2 is 2.09 bits per heavy atom. The van der Waals surface area contributed by atoms with E-state index in [9.17, 15) is 9.18 Å². The lowest BCUT2D eigenvalue weighted by atomic mass is 10.0. The van der Waals surface area contributed by atoms with Gasteiger partial charge in [0, 0.05) is 36.8 Å². The topological polar surface area (TPSA) is 76.6 Å². The normalized spacial score (nSPS) is 14.8. The molecule has 0 bridgehead atoms. The summed E-state index contributed by atoms with van der Waals surface area (Å²) in [6.45, 7) is 7.22. The van der Waals surface area contributed by atoms with Crippen molar-refractivity contribution < 1.29 is 18.7 Å². The molecular formula is C25H28ClFN4O3. The van der Waals surface area contributed by atoms with Gasteiger partial charge < -0.3 is 19.7 Å². The van der Waals surface area contributed by atoms with Crippen molar-refractivity contribution >= 4 is 34.4 Å². The van der Waals surface area contributed by atoms with E-state index in [1.165, 1.54) is 12.1 Å². The standard InChI is InChI=1S/C25H28ClFN4O3/c1-3-4-7-28-25(32)17-12-19(16(2)34-18-5-6-20(26)21(27)14-18)24-22(13-17)29-15-23(30-24)31-8-10-33-11-9-31/h5-6,12-16H,3-4,7-11H2,1-2H3,(H,28,32). The van der Waals surface area contributed by atoms with Crippen molar-refractivity contribution in [1.29, 1.82) is 0 Å². The molecular weight excluding hydrogens is 459 g/mol. The molecule has 180 valence electrons. The van der Waals surface area contributed by atoms with E-state index in [2.05, 4.69) is 22.1 Å². The number of fused-ring (bicyclic) bond motifs is 1. The number of amides is 1. The summed E-state index contributed by atoms with van der Waals surface area (Å²) in [6.07, 6.45) is 3.08. The van der Waals surface area contributed by atoms with E-state index in [-0.39, 0.29) is 10.9 Å². The van der Waals surface area contributed by atoms with E-state index >= 15 is 0 Å². The number of morpholine rings is 1. The van der Waals surface area contributed by atoms with E-state index < -0.39 is 11.9 Å². The van der Waals surface area contributed by atoms with Gasteiger partial charge in [-0.25, -0.2) is 9.37 Å². The van der Waals surface area contributed by atoms with E-state index in [0.717, 1.165) is 31.7 Å². The highest BCUT2D eigenvalue weighted by Gasteiger charge is 2.20. The maximum Gasteiger partial charge on any atom is 0.251 e. The molecule has 3 aromatic rings. The van der Waals surface area contributed by atoms with Crippen molar-refractivity contribution in [3.63, 3.8) is 0 Å². The summed E-state index contributed by atoms with van der Waals surface area (Å²) in [4.78, 5) is 24.4. The van der Waals surface area contributed by atoms with Crippen LogP contribution in [0.4, 0.5) is 10.2 Å². The Morgan fingerprint density at radius 1 is 1.29 bits per heavy atom. The molecule has 1 aliphatic rings. The van der Waals surface area contributed by atoms with Crippen molar-refractivity contribution in [3.05, 3.63) is 58.5 Å². The maximum atomic E-state index is 14.0. The first-order chi connectivity index (χ1) is 16.5. The minimum absolute atomic E-state index is 0.0252. The number of nitrogens with one attached hydrogen (secondary N) is 1. The molecule has 0 saturated carbocycles. The molecule has 1 N–H and O–H groups in total. The number of carbonyl (C=O) groups excluding carboxylic acids is 1. The number of halogens is 2. The molecule has 1 aromatic heterocycles. The number of hydrogen-bond donors (Lipinski definition) is 1. The highest BCUT2D eigenvalue weighted by molar-refractivity contribution is 6.30. The number of unbranched alkanes of at least 4 members (excludes halogenated alkanes) is 1. The molecule has 1 aliphatic heterocycles. The van der Waals surface area contributed by atoms with Crippen LogP contribution in [-0.4, -0.2) is 48.7 Å². The number of nitrogens with zero attached hydrogens (tertiary/aromatic N) is 3. The third-order valence-electron chi connectivity index (χ3n) is 5.72. The summed E-state index contributed by atoms with van der Waals surface area (Å²) in [6, 6.07) is 7.82. The predicted molar refractivity (Wildman–Crippen MR) is 130 cm³/mol. The molecule has 4 rings (SSSR count). The minimum atomic E-state index is -0.560. The molecule has 7 nitrogen and oxygen atoms in total. The van der Waals surface area contributed by atoms with E-state index in [0.29, 0.717) is 47.7 Å². The largest absolute Gasteiger partial charge is 0.486 e. The van der Waals surface area contributed by atoms with Crippen LogP contribution in [0.15, 0.2) is 36.5 Å². The Bertz CT molecular complexity index is 1170. The number of anilines is 1. The first kappa shape index (κ1) is 24.2. The zero-order valence-corrected chi connectivity index (χ0v) is 20.1. The fraction of sp³-hybridized carbons (Fsp3) is 0.400. The van der Waals surface area contributed by atoms with Crippen LogP contribution in [0.5, 0.6) is 5.75 Å². The molecule has 1 unspecified atom stereocenters. The van der Waals surface area contributed by atoms with Crippen molar-refractivity contribution in [1.82, 2.24) is 15.3 Å². The van der Waals surface area contributed by atoms with E-state index in [1.807, 2.05) is 6.92 Å². The summed E-state index contributed by atoms with van der Waals surface area (Å²) in [5.41, 5.74) is 2.39. The van der Waals surface area contributed by atoms with Crippen LogP contribution in [-0.2, 0) is 4.74 Å². The Morgan fingerprint density at radius 3 is 2.82 bits per heavy atom. The average Bonchev–Trinajstić information content (AvgIpc) is 2.85. The van der Waals surface area contributed by atoms with Crippen LogP contribution in [0, 0.1) is 5.82 Å². The quantitative estimate of drug-likeness (QED) is 0.455. The summed E-state index contributed by atoms with van der Waals surface area (Å²) in [5, 5.41) is 2.97. The Hall–Kier alpha value is -2.97. The van der Waals surface area contributed by atoms with Crippen LogP contribution in [0.25, 0.3) is 11.0 Å². The molecule has 0 radical (unpaired) electrons. The summed E-state index contributed by atoms with van der Waals surface area (Å²) < 4.78 is 25.4. The van der Waals surface area contributed by atoms with Gasteiger partial charge in [-0.2, -0.15) is 0 Å². The fourth-order valence-electron chi connectivity index (χ4n) is 3.82. The first-order valence-electron chi connectivity index (χ1n) is 11.5. The number of carbonyl (C=O) groups is 1. The molecule has 1 saturated heterocycles.